The summed E-state index contributed by atoms with van der Waals surface area (Å²) in [6, 6.07) is 2.52. The fourth-order valence-electron chi connectivity index (χ4n) is 3.77. The lowest BCUT2D eigenvalue weighted by atomic mass is 9.58. The second kappa shape index (κ2) is 6.64. The largest absolute Gasteiger partial charge is 0.392 e. The summed E-state index contributed by atoms with van der Waals surface area (Å²) in [4.78, 5) is 13.9. The van der Waals surface area contributed by atoms with Crippen LogP contribution in [0.1, 0.15) is 26.2 Å². The Balaban J connectivity index is 1.59. The number of halogens is 2. The van der Waals surface area contributed by atoms with Crippen molar-refractivity contribution in [1.82, 2.24) is 4.90 Å². The molecule has 2 unspecified atom stereocenters. The van der Waals surface area contributed by atoms with Gasteiger partial charge in [-0.25, -0.2) is 13.6 Å². The van der Waals surface area contributed by atoms with Gasteiger partial charge in [-0.2, -0.15) is 0 Å². The number of aliphatic hydroxyl groups is 1. The molecular weight excluding hydrogens is 318 g/mol. The maximum Gasteiger partial charge on any atom is 0.321 e. The van der Waals surface area contributed by atoms with E-state index < -0.39 is 23.8 Å². The van der Waals surface area contributed by atoms with Crippen LogP contribution in [0.15, 0.2) is 18.2 Å². The van der Waals surface area contributed by atoms with E-state index in [0.29, 0.717) is 39.0 Å². The molecular formula is C17H22F2N2O3. The number of hydrogen-bond donors (Lipinski definition) is 2. The minimum atomic E-state index is -0.736. The summed E-state index contributed by atoms with van der Waals surface area (Å²) in [5.74, 6) is -1.47. The minimum Gasteiger partial charge on any atom is -0.392 e. The van der Waals surface area contributed by atoms with Crippen molar-refractivity contribution in [2.24, 2.45) is 5.41 Å². The zero-order valence-corrected chi connectivity index (χ0v) is 13.6. The van der Waals surface area contributed by atoms with Gasteiger partial charge in [-0.1, -0.05) is 0 Å². The highest BCUT2D eigenvalue weighted by molar-refractivity contribution is 5.89. The van der Waals surface area contributed by atoms with E-state index in [1.807, 2.05) is 6.92 Å². The Bertz CT molecular complexity index is 596. The van der Waals surface area contributed by atoms with Crippen molar-refractivity contribution in [2.75, 3.05) is 25.0 Å². The third-order valence-electron chi connectivity index (χ3n) is 5.21. The molecule has 3 rings (SSSR count). The number of ether oxygens (including phenoxy) is 1. The van der Waals surface area contributed by atoms with Crippen molar-refractivity contribution in [3.8, 4) is 0 Å². The molecule has 1 aromatic carbocycles. The first-order valence-electron chi connectivity index (χ1n) is 8.26. The van der Waals surface area contributed by atoms with Crippen LogP contribution in [-0.2, 0) is 4.74 Å². The second-order valence-electron chi connectivity index (χ2n) is 6.50. The van der Waals surface area contributed by atoms with Gasteiger partial charge < -0.3 is 20.1 Å². The van der Waals surface area contributed by atoms with Crippen molar-refractivity contribution in [3.63, 3.8) is 0 Å². The van der Waals surface area contributed by atoms with Crippen LogP contribution in [0.4, 0.5) is 19.3 Å². The molecule has 132 valence electrons. The molecule has 1 saturated heterocycles. The Hall–Kier alpha value is -1.73. The van der Waals surface area contributed by atoms with Crippen LogP contribution in [0, 0.1) is 17.0 Å². The van der Waals surface area contributed by atoms with Crippen molar-refractivity contribution < 1.29 is 23.4 Å². The van der Waals surface area contributed by atoms with E-state index in [0.717, 1.165) is 18.2 Å². The fraction of sp³-hybridized carbons (Fsp3) is 0.588. The number of urea groups is 1. The quantitative estimate of drug-likeness (QED) is 0.889. The lowest BCUT2D eigenvalue weighted by molar-refractivity contribution is -0.207. The van der Waals surface area contributed by atoms with Crippen molar-refractivity contribution >= 4 is 11.7 Å². The lowest BCUT2D eigenvalue weighted by Crippen LogP contribution is -2.63. The van der Waals surface area contributed by atoms with Gasteiger partial charge >= 0.3 is 6.03 Å². The molecule has 2 fully saturated rings. The van der Waals surface area contributed by atoms with Crippen LogP contribution in [0.25, 0.3) is 0 Å². The van der Waals surface area contributed by atoms with Crippen LogP contribution in [-0.4, -0.2) is 47.9 Å². The van der Waals surface area contributed by atoms with E-state index in [2.05, 4.69) is 5.32 Å². The van der Waals surface area contributed by atoms with Crippen LogP contribution in [0.3, 0.4) is 0 Å². The van der Waals surface area contributed by atoms with Gasteiger partial charge in [0.05, 0.1) is 12.2 Å². The van der Waals surface area contributed by atoms with E-state index in [-0.39, 0.29) is 17.2 Å². The summed E-state index contributed by atoms with van der Waals surface area (Å²) >= 11 is 0. The average molecular weight is 340 g/mol. The number of anilines is 1. The summed E-state index contributed by atoms with van der Waals surface area (Å²) in [7, 11) is 0. The van der Waals surface area contributed by atoms with Crippen LogP contribution in [0.5, 0.6) is 0 Å². The van der Waals surface area contributed by atoms with E-state index in [9.17, 15) is 18.7 Å². The fourth-order valence-corrected chi connectivity index (χ4v) is 3.77. The molecule has 1 aliphatic carbocycles. The van der Waals surface area contributed by atoms with E-state index in [1.54, 1.807) is 4.90 Å². The normalized spacial score (nSPS) is 25.4. The summed E-state index contributed by atoms with van der Waals surface area (Å²) in [5.41, 5.74) is -0.175. The number of piperidine rings is 1. The third kappa shape index (κ3) is 3.10. The number of nitrogens with one attached hydrogen (secondary N) is 1. The predicted octanol–water partition coefficient (Wildman–Crippen LogP) is 2.75. The van der Waals surface area contributed by atoms with Gasteiger partial charge in [-0.05, 0) is 31.9 Å². The number of benzene rings is 1. The molecule has 0 radical (unpaired) electrons. The van der Waals surface area contributed by atoms with Gasteiger partial charge in [0.25, 0.3) is 0 Å². The number of hydrogen-bond acceptors (Lipinski definition) is 3. The first-order valence-corrected chi connectivity index (χ1v) is 8.26. The Morgan fingerprint density at radius 3 is 2.50 bits per heavy atom. The number of aliphatic hydroxyl groups excluding tert-OH is 1. The van der Waals surface area contributed by atoms with Gasteiger partial charge in [0.2, 0.25) is 0 Å². The molecule has 0 bridgehead atoms. The summed E-state index contributed by atoms with van der Waals surface area (Å²) in [6.45, 7) is 3.49. The number of amides is 2. The lowest BCUT2D eigenvalue weighted by Gasteiger charge is -2.56. The van der Waals surface area contributed by atoms with Crippen molar-refractivity contribution in [1.29, 1.82) is 0 Å². The number of likely N-dealkylation sites (tertiary alicyclic amines) is 1. The molecule has 1 spiro atoms. The molecule has 2 aliphatic rings. The maximum atomic E-state index is 13.2. The minimum absolute atomic E-state index is 0.0417. The van der Waals surface area contributed by atoms with Crippen LogP contribution >= 0.6 is 0 Å². The Morgan fingerprint density at radius 1 is 1.33 bits per heavy atom. The summed E-state index contributed by atoms with van der Waals surface area (Å²) in [5, 5.41) is 12.7. The second-order valence-corrected chi connectivity index (χ2v) is 6.50. The molecule has 7 heteroatoms. The van der Waals surface area contributed by atoms with E-state index in [4.69, 9.17) is 4.74 Å². The van der Waals surface area contributed by atoms with Gasteiger partial charge in [-0.3, -0.25) is 0 Å². The third-order valence-corrected chi connectivity index (χ3v) is 5.21. The average Bonchev–Trinajstić information content (AvgIpc) is 2.54. The Morgan fingerprint density at radius 2 is 1.96 bits per heavy atom. The Kier molecular flexibility index (Phi) is 4.73. The van der Waals surface area contributed by atoms with Crippen molar-refractivity contribution in [3.05, 3.63) is 29.8 Å². The molecule has 1 saturated carbocycles. The standard InChI is InChI=1S/C17H22F2N2O3/c1-2-24-15-10-14(22)17(15)3-5-21(6-4-17)16(23)20-13-8-11(18)7-12(19)9-13/h7-9,14-15,22H,2-6,10H2,1H3,(H,20,23). The topological polar surface area (TPSA) is 61.8 Å². The molecule has 1 aromatic rings. The zero-order chi connectivity index (χ0) is 17.3. The molecule has 5 nitrogen and oxygen atoms in total. The van der Waals surface area contributed by atoms with Crippen molar-refractivity contribution in [2.45, 2.75) is 38.4 Å². The molecule has 2 N–H and O–H groups in total. The SMILES string of the molecule is CCOC1CC(O)C12CCN(C(=O)Nc1cc(F)cc(F)c1)CC2. The van der Waals surface area contributed by atoms with Crippen LogP contribution < -0.4 is 5.32 Å². The molecule has 1 aliphatic heterocycles. The highest BCUT2D eigenvalue weighted by Crippen LogP contribution is 2.50. The number of nitrogens with zero attached hydrogens (tertiary/aromatic N) is 1. The van der Waals surface area contributed by atoms with Gasteiger partial charge in [0.15, 0.2) is 0 Å². The Labute approximate surface area is 139 Å². The molecule has 0 aromatic heterocycles. The predicted molar refractivity (Wildman–Crippen MR) is 84.7 cm³/mol. The summed E-state index contributed by atoms with van der Waals surface area (Å²) < 4.78 is 32.1. The first kappa shape index (κ1) is 17.1. The van der Waals surface area contributed by atoms with Gasteiger partial charge in [0.1, 0.15) is 11.6 Å². The van der Waals surface area contributed by atoms with Gasteiger partial charge in [-0.15, -0.1) is 0 Å². The van der Waals surface area contributed by atoms with Gasteiger partial charge in [0, 0.05) is 43.3 Å². The number of rotatable bonds is 3. The summed E-state index contributed by atoms with van der Waals surface area (Å²) in [6.07, 6.45) is 1.60. The molecule has 24 heavy (non-hydrogen) atoms. The highest BCUT2D eigenvalue weighted by Gasteiger charge is 2.56. The first-order chi connectivity index (χ1) is 11.4. The van der Waals surface area contributed by atoms with E-state index in [1.165, 1.54) is 0 Å². The maximum absolute atomic E-state index is 13.2. The monoisotopic (exact) mass is 340 g/mol. The van der Waals surface area contributed by atoms with Crippen LogP contribution in [0.2, 0.25) is 0 Å². The van der Waals surface area contributed by atoms with E-state index >= 15 is 0 Å². The number of carbonyl (C=O) groups excluding carboxylic acids is 1. The number of carbonyl (C=O) groups is 1. The smallest absolute Gasteiger partial charge is 0.321 e. The molecule has 2 atom stereocenters. The highest BCUT2D eigenvalue weighted by atomic mass is 19.1. The molecule has 1 heterocycles. The molecule has 2 amide bonds. The zero-order valence-electron chi connectivity index (χ0n) is 13.6.